The zero-order valence-electron chi connectivity index (χ0n) is 11.7. The van der Waals surface area contributed by atoms with Crippen molar-refractivity contribution in [2.24, 2.45) is 5.92 Å². The van der Waals surface area contributed by atoms with Crippen LogP contribution in [0.15, 0.2) is 12.1 Å². The third-order valence-corrected chi connectivity index (χ3v) is 3.60. The number of nitrogens with one attached hydrogen (secondary N) is 1. The molecule has 0 amide bonds. The highest BCUT2D eigenvalue weighted by atomic mass is 16.5. The van der Waals surface area contributed by atoms with E-state index in [1.54, 1.807) is 6.07 Å². The Morgan fingerprint density at radius 2 is 2.37 bits per heavy atom. The highest BCUT2D eigenvalue weighted by Gasteiger charge is 2.34. The summed E-state index contributed by atoms with van der Waals surface area (Å²) in [5, 5.41) is 0. The van der Waals surface area contributed by atoms with Gasteiger partial charge in [-0.25, -0.2) is 0 Å². The summed E-state index contributed by atoms with van der Waals surface area (Å²) >= 11 is 0. The number of carbonyl (C=O) groups is 1. The van der Waals surface area contributed by atoms with Gasteiger partial charge in [-0.05, 0) is 30.9 Å². The molecule has 1 aromatic heterocycles. The van der Waals surface area contributed by atoms with Gasteiger partial charge in [-0.15, -0.1) is 0 Å². The van der Waals surface area contributed by atoms with Crippen LogP contribution in [0.3, 0.4) is 0 Å². The van der Waals surface area contributed by atoms with E-state index in [9.17, 15) is 4.79 Å². The molecule has 2 rings (SSSR count). The smallest absolute Gasteiger partial charge is 0.166 e. The lowest BCUT2D eigenvalue weighted by Gasteiger charge is -2.14. The van der Waals surface area contributed by atoms with Crippen molar-refractivity contribution >= 4 is 6.29 Å². The molecular formula is C15H23NO3. The molecular weight excluding hydrogens is 242 g/mol. The van der Waals surface area contributed by atoms with Gasteiger partial charge in [0.05, 0.1) is 18.4 Å². The summed E-state index contributed by atoms with van der Waals surface area (Å²) in [7, 11) is 0. The van der Waals surface area contributed by atoms with Crippen LogP contribution in [-0.4, -0.2) is 30.6 Å². The molecule has 19 heavy (non-hydrogen) atoms. The van der Waals surface area contributed by atoms with Crippen molar-refractivity contribution in [3.8, 4) is 0 Å². The number of aldehydes is 1. The summed E-state index contributed by atoms with van der Waals surface area (Å²) in [4.78, 5) is 13.8. The van der Waals surface area contributed by atoms with Gasteiger partial charge in [0.2, 0.25) is 0 Å². The molecule has 0 aromatic carbocycles. The molecule has 1 N–H and O–H groups in total. The van der Waals surface area contributed by atoms with Crippen molar-refractivity contribution in [1.29, 1.82) is 0 Å². The number of hydrogen-bond acceptors (Lipinski definition) is 3. The standard InChI is InChI=1S/C15H23NO3/c1-3-4-7-18-10-13-8-11(2)15(19-13)14-6-5-12(9-17)16-14/h5-6,9,11,13,15-16H,3-4,7-8,10H2,1-2H3/t11-,13?,15+/m0/s1. The highest BCUT2D eigenvalue weighted by Crippen LogP contribution is 2.37. The number of aromatic nitrogens is 1. The molecule has 0 radical (unpaired) electrons. The van der Waals surface area contributed by atoms with Crippen LogP contribution in [0.5, 0.6) is 0 Å². The first kappa shape index (κ1) is 14.3. The molecule has 0 bridgehead atoms. The monoisotopic (exact) mass is 265 g/mol. The average molecular weight is 265 g/mol. The average Bonchev–Trinajstić information content (AvgIpc) is 3.01. The van der Waals surface area contributed by atoms with Crippen molar-refractivity contribution < 1.29 is 14.3 Å². The molecule has 1 fully saturated rings. The summed E-state index contributed by atoms with van der Waals surface area (Å²) in [6, 6.07) is 3.73. The molecule has 4 heteroatoms. The summed E-state index contributed by atoms with van der Waals surface area (Å²) in [5.74, 6) is 0.443. The van der Waals surface area contributed by atoms with Crippen LogP contribution in [0.25, 0.3) is 0 Å². The van der Waals surface area contributed by atoms with Gasteiger partial charge >= 0.3 is 0 Å². The Morgan fingerprint density at radius 3 is 3.05 bits per heavy atom. The van der Waals surface area contributed by atoms with Crippen molar-refractivity contribution in [1.82, 2.24) is 4.98 Å². The van der Waals surface area contributed by atoms with E-state index in [0.717, 1.165) is 37.8 Å². The molecule has 106 valence electrons. The third-order valence-electron chi connectivity index (χ3n) is 3.60. The Kier molecular flexibility index (Phi) is 5.16. The number of unbranched alkanes of at least 4 members (excludes halogenated alkanes) is 1. The minimum Gasteiger partial charge on any atom is -0.379 e. The molecule has 3 atom stereocenters. The Balaban J connectivity index is 1.85. The number of ether oxygens (including phenoxy) is 2. The maximum atomic E-state index is 10.7. The molecule has 4 nitrogen and oxygen atoms in total. The van der Waals surface area contributed by atoms with Gasteiger partial charge in [0.15, 0.2) is 6.29 Å². The second kappa shape index (κ2) is 6.87. The molecule has 0 aliphatic carbocycles. The summed E-state index contributed by atoms with van der Waals surface area (Å²) < 4.78 is 11.7. The fourth-order valence-corrected chi connectivity index (χ4v) is 2.55. The molecule has 1 aliphatic rings. The van der Waals surface area contributed by atoms with E-state index in [1.165, 1.54) is 0 Å². The second-order valence-electron chi connectivity index (χ2n) is 5.31. The van der Waals surface area contributed by atoms with Crippen LogP contribution in [0.1, 0.15) is 55.4 Å². The fraction of sp³-hybridized carbons (Fsp3) is 0.667. The summed E-state index contributed by atoms with van der Waals surface area (Å²) in [6.45, 7) is 5.82. The van der Waals surface area contributed by atoms with E-state index in [0.29, 0.717) is 18.2 Å². The van der Waals surface area contributed by atoms with Crippen molar-refractivity contribution in [2.75, 3.05) is 13.2 Å². The topological polar surface area (TPSA) is 51.3 Å². The lowest BCUT2D eigenvalue weighted by Crippen LogP contribution is -2.15. The molecule has 1 aromatic rings. The van der Waals surface area contributed by atoms with Gasteiger partial charge in [-0.3, -0.25) is 4.79 Å². The van der Waals surface area contributed by atoms with Crippen LogP contribution in [0, 0.1) is 5.92 Å². The number of aromatic amines is 1. The molecule has 0 saturated carbocycles. The first-order chi connectivity index (χ1) is 9.24. The van der Waals surface area contributed by atoms with E-state index < -0.39 is 0 Å². The van der Waals surface area contributed by atoms with E-state index >= 15 is 0 Å². The zero-order chi connectivity index (χ0) is 13.7. The van der Waals surface area contributed by atoms with Gasteiger partial charge in [-0.1, -0.05) is 20.3 Å². The van der Waals surface area contributed by atoms with Crippen LogP contribution >= 0.6 is 0 Å². The number of H-pyrrole nitrogens is 1. The van der Waals surface area contributed by atoms with Crippen LogP contribution in [-0.2, 0) is 9.47 Å². The predicted octanol–water partition coefficient (Wildman–Crippen LogP) is 3.11. The SMILES string of the molecule is CCCCOCC1C[C@H](C)[C@H](c2ccc(C=O)[nH]2)O1. The molecule has 1 saturated heterocycles. The van der Waals surface area contributed by atoms with E-state index in [-0.39, 0.29) is 12.2 Å². The first-order valence-corrected chi connectivity index (χ1v) is 7.12. The van der Waals surface area contributed by atoms with Crippen LogP contribution in [0.2, 0.25) is 0 Å². The van der Waals surface area contributed by atoms with Gasteiger partial charge in [0, 0.05) is 12.3 Å². The Morgan fingerprint density at radius 1 is 1.53 bits per heavy atom. The summed E-state index contributed by atoms with van der Waals surface area (Å²) in [5.41, 5.74) is 1.60. The van der Waals surface area contributed by atoms with Gasteiger partial charge < -0.3 is 14.5 Å². The molecule has 1 aliphatic heterocycles. The normalized spacial score (nSPS) is 26.7. The predicted molar refractivity (Wildman–Crippen MR) is 73.3 cm³/mol. The van der Waals surface area contributed by atoms with E-state index in [4.69, 9.17) is 9.47 Å². The third kappa shape index (κ3) is 3.67. The highest BCUT2D eigenvalue weighted by molar-refractivity contribution is 5.72. The maximum absolute atomic E-state index is 10.7. The lowest BCUT2D eigenvalue weighted by atomic mass is 10.00. The Labute approximate surface area is 114 Å². The fourth-order valence-electron chi connectivity index (χ4n) is 2.55. The van der Waals surface area contributed by atoms with Crippen LogP contribution < -0.4 is 0 Å². The maximum Gasteiger partial charge on any atom is 0.166 e. The minimum atomic E-state index is 0.0495. The number of hydrogen-bond donors (Lipinski definition) is 1. The van der Waals surface area contributed by atoms with Crippen LogP contribution in [0.4, 0.5) is 0 Å². The summed E-state index contributed by atoms with van der Waals surface area (Å²) in [6.07, 6.45) is 4.31. The zero-order valence-corrected chi connectivity index (χ0v) is 11.7. The quantitative estimate of drug-likeness (QED) is 0.609. The first-order valence-electron chi connectivity index (χ1n) is 7.12. The minimum absolute atomic E-state index is 0.0495. The molecule has 0 spiro atoms. The number of rotatable bonds is 7. The Bertz CT molecular complexity index is 402. The van der Waals surface area contributed by atoms with Gasteiger partial charge in [0.1, 0.15) is 6.10 Å². The Hall–Kier alpha value is -1.13. The second-order valence-corrected chi connectivity index (χ2v) is 5.31. The van der Waals surface area contributed by atoms with E-state index in [2.05, 4.69) is 18.8 Å². The van der Waals surface area contributed by atoms with Gasteiger partial charge in [0.25, 0.3) is 0 Å². The number of carbonyl (C=O) groups excluding carboxylic acids is 1. The van der Waals surface area contributed by atoms with Crippen molar-refractivity contribution in [2.45, 2.75) is 45.3 Å². The van der Waals surface area contributed by atoms with Crippen molar-refractivity contribution in [3.05, 3.63) is 23.5 Å². The largest absolute Gasteiger partial charge is 0.379 e. The molecule has 1 unspecified atom stereocenters. The lowest BCUT2D eigenvalue weighted by molar-refractivity contribution is -0.0210. The molecule has 2 heterocycles. The van der Waals surface area contributed by atoms with Crippen molar-refractivity contribution in [3.63, 3.8) is 0 Å². The van der Waals surface area contributed by atoms with E-state index in [1.807, 2.05) is 6.07 Å². The van der Waals surface area contributed by atoms with Gasteiger partial charge in [-0.2, -0.15) is 0 Å².